The number of anilines is 1. The number of halogens is 3. The van der Waals surface area contributed by atoms with E-state index in [0.717, 1.165) is 17.7 Å². The van der Waals surface area contributed by atoms with Crippen LogP contribution in [0.5, 0.6) is 5.75 Å². The molecule has 0 atom stereocenters. The second-order valence-corrected chi connectivity index (χ2v) is 7.03. The van der Waals surface area contributed by atoms with Crippen molar-refractivity contribution in [3.63, 3.8) is 0 Å². The Kier molecular flexibility index (Phi) is 5.44. The van der Waals surface area contributed by atoms with E-state index in [0.29, 0.717) is 21.9 Å². The zero-order valence-electron chi connectivity index (χ0n) is 16.7. The molecule has 0 aliphatic rings. The van der Waals surface area contributed by atoms with Crippen LogP contribution in [0.3, 0.4) is 0 Å². The molecule has 0 bridgehead atoms. The lowest BCUT2D eigenvalue weighted by atomic mass is 9.97. The highest BCUT2D eigenvalue weighted by molar-refractivity contribution is 6.11. The summed E-state index contributed by atoms with van der Waals surface area (Å²) in [6.07, 6.45) is -4.82. The van der Waals surface area contributed by atoms with Crippen molar-refractivity contribution in [2.75, 3.05) is 5.32 Å². The van der Waals surface area contributed by atoms with Gasteiger partial charge < -0.3 is 14.5 Å². The number of hydrogen-bond acceptors (Lipinski definition) is 4. The number of fused-ring (bicyclic) bond motifs is 1. The van der Waals surface area contributed by atoms with Crippen LogP contribution in [0.2, 0.25) is 0 Å². The van der Waals surface area contributed by atoms with Gasteiger partial charge in [-0.15, -0.1) is 13.2 Å². The average Bonchev–Trinajstić information content (AvgIpc) is 2.75. The molecule has 4 aromatic rings. The van der Waals surface area contributed by atoms with Crippen LogP contribution in [0.4, 0.5) is 18.9 Å². The number of rotatable bonds is 4. The van der Waals surface area contributed by atoms with E-state index in [-0.39, 0.29) is 11.4 Å². The van der Waals surface area contributed by atoms with Gasteiger partial charge in [0, 0.05) is 16.6 Å². The van der Waals surface area contributed by atoms with Crippen LogP contribution in [-0.4, -0.2) is 12.3 Å². The Morgan fingerprint density at radius 1 is 0.906 bits per heavy atom. The summed E-state index contributed by atoms with van der Waals surface area (Å²) in [6, 6.07) is 18.8. The first-order valence-electron chi connectivity index (χ1n) is 9.51. The zero-order chi connectivity index (χ0) is 22.9. The van der Waals surface area contributed by atoms with E-state index in [2.05, 4.69) is 10.1 Å². The van der Waals surface area contributed by atoms with Crippen LogP contribution in [0.1, 0.15) is 16.1 Å². The van der Waals surface area contributed by atoms with E-state index < -0.39 is 23.6 Å². The number of benzene rings is 3. The molecule has 0 saturated carbocycles. The normalized spacial score (nSPS) is 11.4. The van der Waals surface area contributed by atoms with Crippen molar-refractivity contribution >= 4 is 22.4 Å². The van der Waals surface area contributed by atoms with Gasteiger partial charge in [-0.25, -0.2) is 4.79 Å². The van der Waals surface area contributed by atoms with Crippen molar-refractivity contribution in [2.45, 2.75) is 13.3 Å². The maximum Gasteiger partial charge on any atom is 0.573 e. The van der Waals surface area contributed by atoms with Gasteiger partial charge in [-0.3, -0.25) is 4.79 Å². The van der Waals surface area contributed by atoms with Crippen LogP contribution in [0, 0.1) is 6.92 Å². The van der Waals surface area contributed by atoms with Crippen LogP contribution in [0.25, 0.3) is 21.9 Å². The van der Waals surface area contributed by atoms with Crippen molar-refractivity contribution in [1.29, 1.82) is 0 Å². The van der Waals surface area contributed by atoms with Crippen molar-refractivity contribution < 1.29 is 27.1 Å². The Balaban J connectivity index is 1.75. The number of nitrogens with one attached hydrogen (secondary N) is 1. The fourth-order valence-corrected chi connectivity index (χ4v) is 3.29. The van der Waals surface area contributed by atoms with E-state index in [1.165, 1.54) is 12.1 Å². The highest BCUT2D eigenvalue weighted by Gasteiger charge is 2.31. The van der Waals surface area contributed by atoms with Crippen molar-refractivity contribution in [3.05, 3.63) is 94.5 Å². The van der Waals surface area contributed by atoms with Crippen LogP contribution >= 0.6 is 0 Å². The summed E-state index contributed by atoms with van der Waals surface area (Å²) in [5.41, 5.74) is 1.66. The summed E-state index contributed by atoms with van der Waals surface area (Å²) in [7, 11) is 0. The van der Waals surface area contributed by atoms with Crippen molar-refractivity contribution in [2.24, 2.45) is 0 Å². The highest BCUT2D eigenvalue weighted by atomic mass is 19.4. The van der Waals surface area contributed by atoms with Gasteiger partial charge in [-0.2, -0.15) is 0 Å². The number of aryl methyl sites for hydroxylation is 1. The summed E-state index contributed by atoms with van der Waals surface area (Å²) in [6.45, 7) is 1.92. The lowest BCUT2D eigenvalue weighted by Gasteiger charge is -2.13. The molecule has 8 heteroatoms. The molecule has 0 spiro atoms. The molecule has 0 aliphatic carbocycles. The van der Waals surface area contributed by atoms with E-state index in [9.17, 15) is 22.8 Å². The smallest absolute Gasteiger partial charge is 0.416 e. The SMILES string of the molecule is Cc1ccc(-c2c(C(=O)Nc3ccc(OC(F)(F)F)cc3)oc(=O)c3ccccc23)cc1. The van der Waals surface area contributed by atoms with E-state index >= 15 is 0 Å². The number of carbonyl (C=O) groups excluding carboxylic acids is 1. The Hall–Kier alpha value is -4.07. The first-order valence-corrected chi connectivity index (χ1v) is 9.51. The third kappa shape index (κ3) is 4.49. The minimum atomic E-state index is -4.82. The summed E-state index contributed by atoms with van der Waals surface area (Å²) in [4.78, 5) is 25.5. The number of carbonyl (C=O) groups is 1. The molecule has 0 saturated heterocycles. The molecule has 1 heterocycles. The molecule has 0 radical (unpaired) electrons. The van der Waals surface area contributed by atoms with Gasteiger partial charge in [0.25, 0.3) is 5.91 Å². The molecule has 4 rings (SSSR count). The first kappa shape index (κ1) is 21.2. The molecule has 162 valence electrons. The molecule has 0 fully saturated rings. The third-order valence-electron chi connectivity index (χ3n) is 4.73. The monoisotopic (exact) mass is 439 g/mol. The number of alkyl halides is 3. The van der Waals surface area contributed by atoms with Gasteiger partial charge in [-0.1, -0.05) is 48.0 Å². The standard InChI is InChI=1S/C24H16F3NO4/c1-14-6-8-15(9-7-14)20-18-4-2-3-5-19(18)23(30)31-21(20)22(29)28-16-10-12-17(13-11-16)32-24(25,26)27/h2-13H,1H3,(H,28,29). The molecule has 3 aromatic carbocycles. The maximum absolute atomic E-state index is 13.0. The lowest BCUT2D eigenvalue weighted by Crippen LogP contribution is -2.18. The Morgan fingerprint density at radius 3 is 2.16 bits per heavy atom. The molecule has 0 unspecified atom stereocenters. The quantitative estimate of drug-likeness (QED) is 0.429. The molecular weight excluding hydrogens is 423 g/mol. The maximum atomic E-state index is 13.0. The lowest BCUT2D eigenvalue weighted by molar-refractivity contribution is -0.274. The van der Waals surface area contributed by atoms with Crippen molar-refractivity contribution in [3.8, 4) is 16.9 Å². The fourth-order valence-electron chi connectivity index (χ4n) is 3.29. The Morgan fingerprint density at radius 2 is 1.53 bits per heavy atom. The number of amides is 1. The summed E-state index contributed by atoms with van der Waals surface area (Å²) >= 11 is 0. The minimum absolute atomic E-state index is 0.201. The third-order valence-corrected chi connectivity index (χ3v) is 4.73. The number of hydrogen-bond donors (Lipinski definition) is 1. The average molecular weight is 439 g/mol. The molecule has 5 nitrogen and oxygen atoms in total. The Bertz CT molecular complexity index is 1340. The van der Waals surface area contributed by atoms with Gasteiger partial charge in [0.15, 0.2) is 0 Å². The largest absolute Gasteiger partial charge is 0.573 e. The van der Waals surface area contributed by atoms with Gasteiger partial charge >= 0.3 is 12.0 Å². The molecule has 1 N–H and O–H groups in total. The molecular formula is C24H16F3NO4. The van der Waals surface area contributed by atoms with E-state index in [4.69, 9.17) is 4.42 Å². The molecule has 1 amide bonds. The predicted octanol–water partition coefficient (Wildman–Crippen LogP) is 5.92. The van der Waals surface area contributed by atoms with Gasteiger partial charge in [-0.05, 0) is 42.8 Å². The van der Waals surface area contributed by atoms with Crippen molar-refractivity contribution in [1.82, 2.24) is 0 Å². The van der Waals surface area contributed by atoms with Gasteiger partial charge in [0.05, 0.1) is 5.39 Å². The summed E-state index contributed by atoms with van der Waals surface area (Å²) in [5, 5.41) is 3.43. The number of ether oxygens (including phenoxy) is 1. The minimum Gasteiger partial charge on any atom is -0.416 e. The molecule has 1 aromatic heterocycles. The van der Waals surface area contributed by atoms with Gasteiger partial charge in [0.2, 0.25) is 5.76 Å². The van der Waals surface area contributed by atoms with E-state index in [1.807, 2.05) is 31.2 Å². The van der Waals surface area contributed by atoms with Crippen LogP contribution in [0.15, 0.2) is 82.0 Å². The van der Waals surface area contributed by atoms with Crippen LogP contribution < -0.4 is 15.7 Å². The zero-order valence-corrected chi connectivity index (χ0v) is 16.7. The van der Waals surface area contributed by atoms with Crippen LogP contribution in [-0.2, 0) is 0 Å². The summed E-state index contributed by atoms with van der Waals surface area (Å²) in [5.74, 6) is -1.34. The first-order chi connectivity index (χ1) is 15.2. The Labute approximate surface area is 180 Å². The molecule has 32 heavy (non-hydrogen) atoms. The second-order valence-electron chi connectivity index (χ2n) is 7.03. The predicted molar refractivity (Wildman–Crippen MR) is 114 cm³/mol. The highest BCUT2D eigenvalue weighted by Crippen LogP contribution is 2.32. The molecule has 0 aliphatic heterocycles. The second kappa shape index (κ2) is 8.22. The summed E-state index contributed by atoms with van der Waals surface area (Å²) < 4.78 is 46.2. The topological polar surface area (TPSA) is 68.5 Å². The van der Waals surface area contributed by atoms with Gasteiger partial charge in [0.1, 0.15) is 5.75 Å². The fraction of sp³-hybridized carbons (Fsp3) is 0.0833. The van der Waals surface area contributed by atoms with E-state index in [1.54, 1.807) is 24.3 Å².